The van der Waals surface area contributed by atoms with Crippen molar-refractivity contribution in [3.63, 3.8) is 0 Å². The van der Waals surface area contributed by atoms with Crippen LogP contribution in [-0.2, 0) is 4.79 Å². The highest BCUT2D eigenvalue weighted by molar-refractivity contribution is 5.79. The summed E-state index contributed by atoms with van der Waals surface area (Å²) in [4.78, 5) is 17.5. The minimum Gasteiger partial charge on any atom is -0.357 e. The van der Waals surface area contributed by atoms with Gasteiger partial charge in [-0.25, -0.2) is 4.98 Å². The predicted octanol–water partition coefficient (Wildman–Crippen LogP) is 1.90. The van der Waals surface area contributed by atoms with Crippen molar-refractivity contribution in [2.75, 3.05) is 11.9 Å². The van der Waals surface area contributed by atoms with Crippen LogP contribution in [0.15, 0.2) is 18.3 Å². The number of pyridine rings is 1. The molecule has 0 amide bonds. The molecule has 1 aliphatic rings. The molecular formula is C13H15N3O. The first-order valence-electron chi connectivity index (χ1n) is 5.81. The Balaban J connectivity index is 2.11. The number of carbonyl (C=O) groups excluding carboxylic acids is 1. The Morgan fingerprint density at radius 3 is 2.82 bits per heavy atom. The van der Waals surface area contributed by atoms with E-state index in [2.05, 4.69) is 16.0 Å². The van der Waals surface area contributed by atoms with Crippen molar-refractivity contribution in [1.29, 1.82) is 5.26 Å². The molecular weight excluding hydrogens is 214 g/mol. The Hall–Kier alpha value is -1.89. The van der Waals surface area contributed by atoms with Gasteiger partial charge in [0.05, 0.1) is 11.6 Å². The number of rotatable bonds is 2. The minimum absolute atomic E-state index is 0.355. The summed E-state index contributed by atoms with van der Waals surface area (Å²) in [6.45, 7) is 0. The van der Waals surface area contributed by atoms with E-state index in [1.807, 2.05) is 7.05 Å². The van der Waals surface area contributed by atoms with Crippen molar-refractivity contribution in [2.24, 2.45) is 0 Å². The van der Waals surface area contributed by atoms with E-state index in [-0.39, 0.29) is 0 Å². The third-order valence-corrected chi connectivity index (χ3v) is 3.30. The van der Waals surface area contributed by atoms with E-state index in [9.17, 15) is 4.79 Å². The van der Waals surface area contributed by atoms with Gasteiger partial charge in [-0.05, 0) is 25.0 Å². The first-order chi connectivity index (χ1) is 8.20. The van der Waals surface area contributed by atoms with Gasteiger partial charge in [-0.2, -0.15) is 5.26 Å². The fourth-order valence-corrected chi connectivity index (χ4v) is 2.18. The number of ketones is 1. The maximum atomic E-state index is 11.2. The zero-order valence-electron chi connectivity index (χ0n) is 9.89. The summed E-state index contributed by atoms with van der Waals surface area (Å²) in [6.07, 6.45) is 4.74. The van der Waals surface area contributed by atoms with Crippen molar-refractivity contribution in [3.8, 4) is 6.07 Å². The van der Waals surface area contributed by atoms with E-state index in [1.54, 1.807) is 18.3 Å². The monoisotopic (exact) mass is 229 g/mol. The molecule has 17 heavy (non-hydrogen) atoms. The molecule has 0 aliphatic heterocycles. The lowest BCUT2D eigenvalue weighted by Crippen LogP contribution is -2.35. The van der Waals surface area contributed by atoms with Crippen LogP contribution in [0.1, 0.15) is 31.2 Å². The molecule has 4 nitrogen and oxygen atoms in total. The summed E-state index contributed by atoms with van der Waals surface area (Å²) >= 11 is 0. The molecule has 2 rings (SSSR count). The molecule has 0 spiro atoms. The third-order valence-electron chi connectivity index (χ3n) is 3.30. The van der Waals surface area contributed by atoms with Gasteiger partial charge in [0.15, 0.2) is 0 Å². The van der Waals surface area contributed by atoms with Gasteiger partial charge in [0.1, 0.15) is 11.6 Å². The molecule has 4 heteroatoms. The number of nitrogens with zero attached hydrogens (tertiary/aromatic N) is 3. The SMILES string of the molecule is CN(c1cc(C#N)ccn1)C1CCC(=O)CC1. The largest absolute Gasteiger partial charge is 0.357 e. The van der Waals surface area contributed by atoms with Crippen molar-refractivity contribution in [3.05, 3.63) is 23.9 Å². The Morgan fingerprint density at radius 2 is 2.18 bits per heavy atom. The van der Waals surface area contributed by atoms with Crippen LogP contribution < -0.4 is 4.90 Å². The van der Waals surface area contributed by atoms with Crippen molar-refractivity contribution < 1.29 is 4.79 Å². The molecule has 0 unspecified atom stereocenters. The molecule has 0 radical (unpaired) electrons. The molecule has 1 heterocycles. The molecule has 1 aromatic rings. The zero-order chi connectivity index (χ0) is 12.3. The second kappa shape index (κ2) is 4.96. The van der Waals surface area contributed by atoms with Gasteiger partial charge in [0.2, 0.25) is 0 Å². The second-order valence-corrected chi connectivity index (χ2v) is 4.40. The quantitative estimate of drug-likeness (QED) is 0.777. The number of nitriles is 1. The highest BCUT2D eigenvalue weighted by atomic mass is 16.1. The lowest BCUT2D eigenvalue weighted by molar-refractivity contribution is -0.120. The van der Waals surface area contributed by atoms with Gasteiger partial charge >= 0.3 is 0 Å². The van der Waals surface area contributed by atoms with E-state index in [1.165, 1.54) is 0 Å². The molecule has 1 saturated carbocycles. The number of hydrogen-bond donors (Lipinski definition) is 0. The second-order valence-electron chi connectivity index (χ2n) is 4.40. The summed E-state index contributed by atoms with van der Waals surface area (Å²) < 4.78 is 0. The summed E-state index contributed by atoms with van der Waals surface area (Å²) in [5.41, 5.74) is 0.619. The van der Waals surface area contributed by atoms with Crippen LogP contribution in [0.4, 0.5) is 5.82 Å². The Bertz CT molecular complexity index is 454. The maximum Gasteiger partial charge on any atom is 0.133 e. The first kappa shape index (κ1) is 11.6. The molecule has 0 atom stereocenters. The average Bonchev–Trinajstić information content (AvgIpc) is 2.39. The molecule has 0 aromatic carbocycles. The van der Waals surface area contributed by atoms with Gasteiger partial charge in [0, 0.05) is 32.1 Å². The smallest absolute Gasteiger partial charge is 0.133 e. The summed E-state index contributed by atoms with van der Waals surface area (Å²) in [5.74, 6) is 1.16. The van der Waals surface area contributed by atoms with Crippen LogP contribution in [0.2, 0.25) is 0 Å². The predicted molar refractivity (Wildman–Crippen MR) is 64.6 cm³/mol. The topological polar surface area (TPSA) is 57.0 Å². The maximum absolute atomic E-state index is 11.2. The minimum atomic E-state index is 0.355. The van der Waals surface area contributed by atoms with Gasteiger partial charge in [-0.15, -0.1) is 0 Å². The molecule has 1 aliphatic carbocycles. The molecule has 1 fully saturated rings. The van der Waals surface area contributed by atoms with Crippen LogP contribution >= 0.6 is 0 Å². The van der Waals surface area contributed by atoms with Crippen LogP contribution in [-0.4, -0.2) is 23.9 Å². The summed E-state index contributed by atoms with van der Waals surface area (Å²) in [6, 6.07) is 5.95. The number of hydrogen-bond acceptors (Lipinski definition) is 4. The van der Waals surface area contributed by atoms with Crippen molar-refractivity contribution >= 4 is 11.6 Å². The number of anilines is 1. The summed E-state index contributed by atoms with van der Waals surface area (Å²) in [5, 5.41) is 8.85. The van der Waals surface area contributed by atoms with E-state index in [0.29, 0.717) is 30.2 Å². The normalized spacial score (nSPS) is 16.6. The van der Waals surface area contributed by atoms with Crippen LogP contribution in [0.5, 0.6) is 0 Å². The summed E-state index contributed by atoms with van der Waals surface area (Å²) in [7, 11) is 1.98. The Kier molecular flexibility index (Phi) is 3.38. The van der Waals surface area contributed by atoms with Gasteiger partial charge in [0.25, 0.3) is 0 Å². The van der Waals surface area contributed by atoms with Crippen LogP contribution in [0, 0.1) is 11.3 Å². The van der Waals surface area contributed by atoms with E-state index >= 15 is 0 Å². The fourth-order valence-electron chi connectivity index (χ4n) is 2.18. The van der Waals surface area contributed by atoms with Crippen LogP contribution in [0.3, 0.4) is 0 Å². The van der Waals surface area contributed by atoms with Gasteiger partial charge < -0.3 is 4.90 Å². The molecule has 88 valence electrons. The van der Waals surface area contributed by atoms with Crippen LogP contribution in [0.25, 0.3) is 0 Å². The van der Waals surface area contributed by atoms with Gasteiger partial charge in [-0.1, -0.05) is 0 Å². The molecule has 0 saturated heterocycles. The van der Waals surface area contributed by atoms with Gasteiger partial charge in [-0.3, -0.25) is 4.79 Å². The number of aromatic nitrogens is 1. The lowest BCUT2D eigenvalue weighted by Gasteiger charge is -2.31. The van der Waals surface area contributed by atoms with Crippen molar-refractivity contribution in [2.45, 2.75) is 31.7 Å². The number of carbonyl (C=O) groups is 1. The highest BCUT2D eigenvalue weighted by Crippen LogP contribution is 2.23. The Morgan fingerprint density at radius 1 is 1.47 bits per heavy atom. The molecule has 0 N–H and O–H groups in total. The molecule has 0 bridgehead atoms. The lowest BCUT2D eigenvalue weighted by atomic mass is 9.93. The van der Waals surface area contributed by atoms with E-state index in [4.69, 9.17) is 5.26 Å². The zero-order valence-corrected chi connectivity index (χ0v) is 9.89. The van der Waals surface area contributed by atoms with Crippen molar-refractivity contribution in [1.82, 2.24) is 4.98 Å². The Labute approximate surface area is 101 Å². The standard InChI is InChI=1S/C13H15N3O/c1-16(11-2-4-12(17)5-3-11)13-8-10(9-14)6-7-15-13/h6-8,11H,2-5H2,1H3. The molecule has 1 aromatic heterocycles. The number of Topliss-reactive ketones (excluding diaryl/α,β-unsaturated/α-hetero) is 1. The fraction of sp³-hybridized carbons (Fsp3) is 0.462. The van der Waals surface area contributed by atoms with E-state index in [0.717, 1.165) is 18.7 Å². The highest BCUT2D eigenvalue weighted by Gasteiger charge is 2.22. The average molecular weight is 229 g/mol. The van der Waals surface area contributed by atoms with E-state index < -0.39 is 0 Å². The third kappa shape index (κ3) is 2.62. The first-order valence-corrected chi connectivity index (χ1v) is 5.81.